The van der Waals surface area contributed by atoms with Gasteiger partial charge in [0.1, 0.15) is 27.9 Å². The molecule has 48 heavy (non-hydrogen) atoms. The van der Waals surface area contributed by atoms with E-state index in [1.165, 1.54) is 30.5 Å². The maximum absolute atomic E-state index is 6.10. The van der Waals surface area contributed by atoms with E-state index >= 15 is 0 Å². The van der Waals surface area contributed by atoms with Gasteiger partial charge < -0.3 is 33.5 Å². The van der Waals surface area contributed by atoms with Crippen molar-refractivity contribution in [2.24, 2.45) is 0 Å². The van der Waals surface area contributed by atoms with Crippen LogP contribution in [0.15, 0.2) is 68.5 Å². The molecule has 1 aliphatic carbocycles. The van der Waals surface area contributed by atoms with Gasteiger partial charge in [0.2, 0.25) is 0 Å². The molecule has 13 heteroatoms. The molecule has 2 fully saturated rings. The van der Waals surface area contributed by atoms with Crippen molar-refractivity contribution in [3.8, 4) is 23.0 Å². The smallest absolute Gasteiger partial charge is 0.190 e. The van der Waals surface area contributed by atoms with E-state index in [9.17, 15) is 0 Å². The summed E-state index contributed by atoms with van der Waals surface area (Å²) >= 11 is 5.01. The molecule has 1 saturated carbocycles. The number of hydrogen-bond donors (Lipinski definition) is 1. The molecule has 1 aliphatic heterocycles. The van der Waals surface area contributed by atoms with Crippen LogP contribution in [0.25, 0.3) is 11.0 Å². The largest absolute Gasteiger partial charge is 0.497 e. The Balaban J connectivity index is 1.24. The molecule has 1 unspecified atom stereocenters. The topological polar surface area (TPSA) is 105 Å². The fourth-order valence-electron chi connectivity index (χ4n) is 5.93. The Morgan fingerprint density at radius 3 is 2.31 bits per heavy atom. The summed E-state index contributed by atoms with van der Waals surface area (Å²) in [5.41, 5.74) is 3.59. The number of rotatable bonds is 13. The second-order valence-corrected chi connectivity index (χ2v) is 13.7. The molecule has 0 bridgehead atoms. The van der Waals surface area contributed by atoms with Crippen LogP contribution in [0.3, 0.4) is 0 Å². The zero-order valence-corrected chi connectivity index (χ0v) is 29.7. The average Bonchev–Trinajstić information content (AvgIpc) is 3.76. The quantitative estimate of drug-likeness (QED) is 0.117. The Bertz CT molecular complexity index is 1860. The highest BCUT2D eigenvalue weighted by Gasteiger charge is 2.32. The minimum atomic E-state index is -0.0248. The number of anilines is 3. The van der Waals surface area contributed by atoms with E-state index in [2.05, 4.69) is 41.5 Å². The van der Waals surface area contributed by atoms with Crippen molar-refractivity contribution in [1.82, 2.24) is 14.9 Å². The van der Waals surface area contributed by atoms with Gasteiger partial charge in [-0.1, -0.05) is 33.2 Å². The number of aromatic nitrogens is 3. The summed E-state index contributed by atoms with van der Waals surface area (Å²) in [4.78, 5) is 0.794. The van der Waals surface area contributed by atoms with Crippen LogP contribution in [0, 0.1) is 0 Å². The molecule has 3 heterocycles. The zero-order chi connectivity index (χ0) is 33.2. The number of halogens is 1. The predicted molar refractivity (Wildman–Crippen MR) is 189 cm³/mol. The summed E-state index contributed by atoms with van der Waals surface area (Å²) in [7, 11) is 6.60. The average molecular weight is 737 g/mol. The third-order valence-corrected chi connectivity index (χ3v) is 10.1. The van der Waals surface area contributed by atoms with Crippen molar-refractivity contribution in [2.75, 3.05) is 44.7 Å². The van der Waals surface area contributed by atoms with Crippen LogP contribution in [0.4, 0.5) is 17.3 Å². The Hall–Kier alpha value is -4.07. The second kappa shape index (κ2) is 14.2. The molecule has 1 saturated heterocycles. The molecule has 2 aliphatic rings. The number of ether oxygens (including phenoxy) is 5. The molecular weight excluding hydrogens is 698 g/mol. The van der Waals surface area contributed by atoms with Crippen molar-refractivity contribution in [3.63, 3.8) is 0 Å². The molecule has 1 N–H and O–H groups in total. The molecule has 7 rings (SSSR count). The Morgan fingerprint density at radius 1 is 0.917 bits per heavy atom. The zero-order valence-electron chi connectivity index (χ0n) is 27.3. The van der Waals surface area contributed by atoms with Crippen LogP contribution in [0.2, 0.25) is 0 Å². The number of fused-ring (bicyclic) bond motifs is 1. The van der Waals surface area contributed by atoms with Gasteiger partial charge in [0.25, 0.3) is 0 Å². The molecule has 11 nitrogen and oxygen atoms in total. The Morgan fingerprint density at radius 2 is 1.67 bits per heavy atom. The predicted octanol–water partition coefficient (Wildman–Crippen LogP) is 8.86. The van der Waals surface area contributed by atoms with Gasteiger partial charge in [0.05, 0.1) is 46.1 Å². The Kier molecular flexibility index (Phi) is 9.60. The van der Waals surface area contributed by atoms with Crippen molar-refractivity contribution >= 4 is 56.2 Å². The summed E-state index contributed by atoms with van der Waals surface area (Å²) < 4.78 is 39.9. The van der Waals surface area contributed by atoms with Crippen LogP contribution in [0.1, 0.15) is 55.5 Å². The molecule has 0 amide bonds. The van der Waals surface area contributed by atoms with Crippen LogP contribution in [-0.4, -0.2) is 50.0 Å². The highest BCUT2D eigenvalue weighted by molar-refractivity contribution is 9.10. The summed E-state index contributed by atoms with van der Waals surface area (Å²) in [6, 6.07) is 17.8. The molecule has 0 radical (unpaired) electrons. The lowest BCUT2D eigenvalue weighted by atomic mass is 10.2. The lowest BCUT2D eigenvalue weighted by molar-refractivity contribution is -0.0409. The number of benzene rings is 3. The van der Waals surface area contributed by atoms with Gasteiger partial charge in [0, 0.05) is 34.8 Å². The van der Waals surface area contributed by atoms with Crippen LogP contribution in [0.5, 0.6) is 23.0 Å². The standard InChI is InChI=1S/C35H38BrN5O6S/c1-42-24-12-8-21(9-13-24)20-40(48-34-30(44-3)15-23(36)16-31(34)45-4)35-25-17-29(43-2)26(18-28(25)47-39-35)37-32-19-27(22-10-11-22)41(38-32)33-7-5-6-14-46-33/h8-9,12-13,15-19,22,33H,5-7,10-11,14,20H2,1-4H3,(H,37,38). The van der Waals surface area contributed by atoms with E-state index in [1.807, 2.05) is 48.5 Å². The minimum absolute atomic E-state index is 0.0248. The van der Waals surface area contributed by atoms with E-state index in [0.29, 0.717) is 41.1 Å². The van der Waals surface area contributed by atoms with E-state index in [4.69, 9.17) is 33.3 Å². The minimum Gasteiger partial charge on any atom is -0.497 e. The van der Waals surface area contributed by atoms with Crippen LogP contribution < -0.4 is 28.6 Å². The van der Waals surface area contributed by atoms with E-state index in [-0.39, 0.29) is 6.23 Å². The van der Waals surface area contributed by atoms with Crippen LogP contribution in [-0.2, 0) is 11.3 Å². The highest BCUT2D eigenvalue weighted by Crippen LogP contribution is 2.47. The van der Waals surface area contributed by atoms with Gasteiger partial charge in [-0.05, 0) is 79.9 Å². The lowest BCUT2D eigenvalue weighted by Crippen LogP contribution is -2.20. The summed E-state index contributed by atoms with van der Waals surface area (Å²) in [5.74, 6) is 4.63. The first-order chi connectivity index (χ1) is 23.5. The van der Waals surface area contributed by atoms with Gasteiger partial charge >= 0.3 is 0 Å². The van der Waals surface area contributed by atoms with Crippen molar-refractivity contribution in [2.45, 2.75) is 55.7 Å². The van der Waals surface area contributed by atoms with Gasteiger partial charge in [0.15, 0.2) is 23.4 Å². The van der Waals surface area contributed by atoms with Gasteiger partial charge in [-0.15, -0.1) is 0 Å². The first kappa shape index (κ1) is 32.5. The fourth-order valence-corrected chi connectivity index (χ4v) is 7.47. The van der Waals surface area contributed by atoms with Gasteiger partial charge in [-0.2, -0.15) is 5.10 Å². The van der Waals surface area contributed by atoms with Gasteiger partial charge in [-0.25, -0.2) is 4.68 Å². The summed E-state index contributed by atoms with van der Waals surface area (Å²) in [5, 5.41) is 13.8. The molecule has 2 aromatic heterocycles. The Labute approximate surface area is 292 Å². The summed E-state index contributed by atoms with van der Waals surface area (Å²) in [6.45, 7) is 1.26. The second-order valence-electron chi connectivity index (χ2n) is 11.8. The normalized spacial score (nSPS) is 16.1. The number of hydrogen-bond acceptors (Lipinski definition) is 11. The molecule has 1 atom stereocenters. The molecule has 5 aromatic rings. The number of nitrogens with one attached hydrogen (secondary N) is 1. The summed E-state index contributed by atoms with van der Waals surface area (Å²) in [6.07, 6.45) is 5.54. The highest BCUT2D eigenvalue weighted by atomic mass is 79.9. The maximum atomic E-state index is 6.10. The molecular formula is C35H38BrN5O6S. The van der Waals surface area contributed by atoms with E-state index in [1.54, 1.807) is 28.4 Å². The van der Waals surface area contributed by atoms with E-state index < -0.39 is 0 Å². The number of methoxy groups -OCH3 is 4. The van der Waals surface area contributed by atoms with Crippen molar-refractivity contribution in [1.29, 1.82) is 0 Å². The maximum Gasteiger partial charge on any atom is 0.190 e. The third-order valence-electron chi connectivity index (χ3n) is 8.57. The lowest BCUT2D eigenvalue weighted by Gasteiger charge is -2.24. The van der Waals surface area contributed by atoms with Gasteiger partial charge in [-0.3, -0.25) is 4.31 Å². The first-order valence-corrected chi connectivity index (χ1v) is 17.5. The van der Waals surface area contributed by atoms with Crippen molar-refractivity contribution in [3.05, 3.63) is 70.3 Å². The SMILES string of the molecule is COc1ccc(CN(Sc2c(OC)cc(Br)cc2OC)c2noc3cc(Nc4cc(C5CC5)n(C5CCCCO5)n4)c(OC)cc23)cc1. The fraction of sp³-hybridized carbons (Fsp3) is 0.371. The molecule has 0 spiro atoms. The molecule has 252 valence electrons. The monoisotopic (exact) mass is 735 g/mol. The third kappa shape index (κ3) is 6.76. The number of nitrogens with zero attached hydrogens (tertiary/aromatic N) is 4. The first-order valence-electron chi connectivity index (χ1n) is 15.9. The van der Waals surface area contributed by atoms with Crippen LogP contribution >= 0.6 is 27.9 Å². The molecule has 3 aromatic carbocycles. The van der Waals surface area contributed by atoms with E-state index in [0.717, 1.165) is 63.4 Å². The van der Waals surface area contributed by atoms with Crippen molar-refractivity contribution < 1.29 is 28.2 Å².